The monoisotopic (exact) mass is 305 g/mol. The Morgan fingerprint density at radius 3 is 2.50 bits per heavy atom. The Hall–Kier alpha value is -0.390. The van der Waals surface area contributed by atoms with Gasteiger partial charge in [-0.1, -0.05) is 19.1 Å². The van der Waals surface area contributed by atoms with Crippen LogP contribution in [0.5, 0.6) is 0 Å². The summed E-state index contributed by atoms with van der Waals surface area (Å²) in [4.78, 5) is 0.357. The topological polar surface area (TPSA) is 60.2 Å². The Morgan fingerprint density at radius 2 is 2.00 bits per heavy atom. The molecule has 0 aliphatic heterocycles. The summed E-state index contributed by atoms with van der Waals surface area (Å²) in [6, 6.07) is 6.89. The van der Waals surface area contributed by atoms with Crippen LogP contribution in [0.4, 0.5) is 0 Å². The minimum atomic E-state index is -3.27. The van der Waals surface area contributed by atoms with Crippen LogP contribution in [0.1, 0.15) is 19.8 Å². The zero-order valence-corrected chi connectivity index (χ0v) is 11.6. The first-order valence-electron chi connectivity index (χ1n) is 5.22. The average Bonchev–Trinajstić information content (AvgIpc) is 2.26. The van der Waals surface area contributed by atoms with Crippen molar-refractivity contribution < 1.29 is 8.42 Å². The molecule has 2 N–H and O–H groups in total. The van der Waals surface area contributed by atoms with E-state index in [1.165, 1.54) is 0 Å². The number of nitrogens with two attached hydrogens (primary N) is 1. The lowest BCUT2D eigenvalue weighted by Crippen LogP contribution is -2.24. The molecule has 16 heavy (non-hydrogen) atoms. The summed E-state index contributed by atoms with van der Waals surface area (Å²) in [5.41, 5.74) is 5.44. The Bertz CT molecular complexity index is 445. The predicted octanol–water partition coefficient (Wildman–Crippen LogP) is 2.35. The van der Waals surface area contributed by atoms with Crippen molar-refractivity contribution in [2.45, 2.75) is 29.9 Å². The normalized spacial score (nSPS) is 13.7. The summed E-state index contributed by atoms with van der Waals surface area (Å²) in [7, 11) is -3.27. The average molecular weight is 306 g/mol. The Labute approximate surface area is 105 Å². The number of halogens is 1. The van der Waals surface area contributed by atoms with Gasteiger partial charge in [-0.3, -0.25) is 0 Å². The highest BCUT2D eigenvalue weighted by molar-refractivity contribution is 9.10. The molecule has 0 aliphatic rings. The molecule has 1 aromatic carbocycles. The molecule has 0 aliphatic carbocycles. The minimum absolute atomic E-state index is 0.357. The van der Waals surface area contributed by atoms with Gasteiger partial charge < -0.3 is 5.73 Å². The van der Waals surface area contributed by atoms with Crippen molar-refractivity contribution in [3.8, 4) is 0 Å². The number of benzene rings is 1. The zero-order valence-electron chi connectivity index (χ0n) is 9.19. The predicted molar refractivity (Wildman–Crippen MR) is 69.1 cm³/mol. The summed E-state index contributed by atoms with van der Waals surface area (Å²) in [5.74, 6) is 0. The van der Waals surface area contributed by atoms with Gasteiger partial charge in [-0.2, -0.15) is 0 Å². The van der Waals surface area contributed by atoms with E-state index in [2.05, 4.69) is 15.9 Å². The van der Waals surface area contributed by atoms with E-state index in [1.54, 1.807) is 24.3 Å². The van der Waals surface area contributed by atoms with Crippen LogP contribution >= 0.6 is 15.9 Å². The minimum Gasteiger partial charge on any atom is -0.330 e. The molecule has 3 nitrogen and oxygen atoms in total. The van der Waals surface area contributed by atoms with Crippen LogP contribution in [0.3, 0.4) is 0 Å². The number of sulfone groups is 1. The fourth-order valence-corrected chi connectivity index (χ4v) is 4.43. The third-order valence-electron chi connectivity index (χ3n) is 2.53. The Balaban J connectivity index is 3.15. The molecule has 0 aromatic heterocycles. The lowest BCUT2D eigenvalue weighted by molar-refractivity contribution is 0.567. The van der Waals surface area contributed by atoms with E-state index in [1.807, 2.05) is 6.92 Å². The summed E-state index contributed by atoms with van der Waals surface area (Å²) in [5, 5.41) is -0.392. The van der Waals surface area contributed by atoms with Crippen molar-refractivity contribution in [3.63, 3.8) is 0 Å². The van der Waals surface area contributed by atoms with Gasteiger partial charge in [0.05, 0.1) is 10.1 Å². The van der Waals surface area contributed by atoms with Gasteiger partial charge in [-0.25, -0.2) is 8.42 Å². The summed E-state index contributed by atoms with van der Waals surface area (Å²) < 4.78 is 25.2. The molecule has 1 aromatic rings. The van der Waals surface area contributed by atoms with Crippen molar-refractivity contribution in [2.24, 2.45) is 5.73 Å². The molecule has 1 unspecified atom stereocenters. The largest absolute Gasteiger partial charge is 0.330 e. The second-order valence-electron chi connectivity index (χ2n) is 3.58. The molecule has 0 fully saturated rings. The van der Waals surface area contributed by atoms with Gasteiger partial charge >= 0.3 is 0 Å². The van der Waals surface area contributed by atoms with Crippen LogP contribution < -0.4 is 5.73 Å². The molecule has 0 radical (unpaired) electrons. The molecule has 0 bridgehead atoms. The maximum Gasteiger partial charge on any atom is 0.182 e. The highest BCUT2D eigenvalue weighted by Gasteiger charge is 2.26. The van der Waals surface area contributed by atoms with Crippen LogP contribution in [0.15, 0.2) is 33.6 Å². The molecule has 90 valence electrons. The van der Waals surface area contributed by atoms with E-state index in [4.69, 9.17) is 5.73 Å². The van der Waals surface area contributed by atoms with Crippen LogP contribution in [0.2, 0.25) is 0 Å². The van der Waals surface area contributed by atoms with Gasteiger partial charge in [-0.15, -0.1) is 0 Å². The fraction of sp³-hybridized carbons (Fsp3) is 0.455. The maximum atomic E-state index is 12.3. The molecule has 0 spiro atoms. The molecular formula is C11H16BrNO2S. The number of hydrogen-bond donors (Lipinski definition) is 1. The van der Waals surface area contributed by atoms with Crippen molar-refractivity contribution in [2.75, 3.05) is 6.54 Å². The first kappa shape index (κ1) is 13.7. The van der Waals surface area contributed by atoms with Crippen LogP contribution in [0.25, 0.3) is 0 Å². The molecule has 5 heteroatoms. The molecule has 1 rings (SSSR count). The van der Waals surface area contributed by atoms with Crippen LogP contribution in [-0.2, 0) is 9.84 Å². The lowest BCUT2D eigenvalue weighted by Gasteiger charge is -2.15. The zero-order chi connectivity index (χ0) is 12.2. The number of hydrogen-bond acceptors (Lipinski definition) is 3. The third-order valence-corrected chi connectivity index (χ3v) is 5.90. The number of rotatable bonds is 5. The van der Waals surface area contributed by atoms with E-state index < -0.39 is 15.1 Å². The van der Waals surface area contributed by atoms with Gasteiger partial charge in [-0.05, 0) is 47.4 Å². The van der Waals surface area contributed by atoms with Crippen molar-refractivity contribution in [3.05, 3.63) is 28.7 Å². The third kappa shape index (κ3) is 2.84. The van der Waals surface area contributed by atoms with Gasteiger partial charge in [0, 0.05) is 4.47 Å². The quantitative estimate of drug-likeness (QED) is 0.908. The van der Waals surface area contributed by atoms with Crippen molar-refractivity contribution in [1.82, 2.24) is 0 Å². The Morgan fingerprint density at radius 1 is 1.38 bits per heavy atom. The van der Waals surface area contributed by atoms with Crippen LogP contribution in [0, 0.1) is 0 Å². The SMILES string of the molecule is CCC(CCN)S(=O)(=O)c1ccccc1Br. The van der Waals surface area contributed by atoms with E-state index in [0.717, 1.165) is 0 Å². The van der Waals surface area contributed by atoms with Gasteiger partial charge in [0.1, 0.15) is 0 Å². The standard InChI is InChI=1S/C11H16BrNO2S/c1-2-9(7-8-13)16(14,15)11-6-4-3-5-10(11)12/h3-6,9H,2,7-8,13H2,1H3. The van der Waals surface area contributed by atoms with E-state index >= 15 is 0 Å². The Kier molecular flexibility index (Phi) is 4.95. The summed E-state index contributed by atoms with van der Waals surface area (Å²) in [6.45, 7) is 2.26. The second-order valence-corrected chi connectivity index (χ2v) is 6.63. The van der Waals surface area contributed by atoms with Gasteiger partial charge in [0.25, 0.3) is 0 Å². The van der Waals surface area contributed by atoms with E-state index in [9.17, 15) is 8.42 Å². The highest BCUT2D eigenvalue weighted by atomic mass is 79.9. The molecular weight excluding hydrogens is 290 g/mol. The molecule has 0 amide bonds. The van der Waals surface area contributed by atoms with E-state index in [-0.39, 0.29) is 0 Å². The summed E-state index contributed by atoms with van der Waals surface area (Å²) in [6.07, 6.45) is 1.08. The second kappa shape index (κ2) is 5.80. The van der Waals surface area contributed by atoms with Gasteiger partial charge in [0.15, 0.2) is 9.84 Å². The molecule has 1 atom stereocenters. The van der Waals surface area contributed by atoms with Crippen molar-refractivity contribution in [1.29, 1.82) is 0 Å². The molecule has 0 heterocycles. The molecule has 0 saturated heterocycles. The highest BCUT2D eigenvalue weighted by Crippen LogP contribution is 2.27. The fourth-order valence-electron chi connectivity index (χ4n) is 1.62. The maximum absolute atomic E-state index is 12.3. The van der Waals surface area contributed by atoms with E-state index in [0.29, 0.717) is 28.8 Å². The molecule has 0 saturated carbocycles. The van der Waals surface area contributed by atoms with Crippen LogP contribution in [-0.4, -0.2) is 20.2 Å². The summed E-state index contributed by atoms with van der Waals surface area (Å²) >= 11 is 3.27. The first-order chi connectivity index (χ1) is 7.54. The lowest BCUT2D eigenvalue weighted by atomic mass is 10.2. The smallest absolute Gasteiger partial charge is 0.182 e. The van der Waals surface area contributed by atoms with Crippen molar-refractivity contribution >= 4 is 25.8 Å². The first-order valence-corrected chi connectivity index (χ1v) is 7.56. The van der Waals surface area contributed by atoms with Gasteiger partial charge in [0.2, 0.25) is 0 Å².